The van der Waals surface area contributed by atoms with E-state index in [-0.39, 0.29) is 0 Å². The summed E-state index contributed by atoms with van der Waals surface area (Å²) in [6.07, 6.45) is 0. The Bertz CT molecular complexity index is 714. The van der Waals surface area contributed by atoms with Gasteiger partial charge in [0.25, 0.3) is 0 Å². The zero-order valence-corrected chi connectivity index (χ0v) is 10.2. The van der Waals surface area contributed by atoms with Crippen LogP contribution in [0.5, 0.6) is 5.75 Å². The highest BCUT2D eigenvalue weighted by atomic mass is 16.3. The first-order valence-corrected chi connectivity index (χ1v) is 6.03. The van der Waals surface area contributed by atoms with Gasteiger partial charge >= 0.3 is 0 Å². The predicted molar refractivity (Wildman–Crippen MR) is 75.8 cm³/mol. The molecule has 1 heteroatoms. The smallest absolute Gasteiger partial charge is 0.123 e. The molecule has 0 aliphatic heterocycles. The van der Waals surface area contributed by atoms with Crippen molar-refractivity contribution in [2.75, 3.05) is 0 Å². The Morgan fingerprint density at radius 3 is 2.33 bits per heavy atom. The molecule has 0 radical (unpaired) electrons. The van der Waals surface area contributed by atoms with E-state index in [0.29, 0.717) is 5.75 Å². The van der Waals surface area contributed by atoms with Gasteiger partial charge in [0.2, 0.25) is 0 Å². The molecule has 18 heavy (non-hydrogen) atoms. The largest absolute Gasteiger partial charge is 0.507 e. The van der Waals surface area contributed by atoms with E-state index in [1.165, 1.54) is 16.3 Å². The van der Waals surface area contributed by atoms with Gasteiger partial charge in [0.15, 0.2) is 0 Å². The molecule has 3 rings (SSSR count). The summed E-state index contributed by atoms with van der Waals surface area (Å²) in [6.45, 7) is 2.09. The van der Waals surface area contributed by atoms with E-state index < -0.39 is 0 Å². The first kappa shape index (κ1) is 10.8. The highest BCUT2D eigenvalue weighted by molar-refractivity contribution is 5.88. The third kappa shape index (κ3) is 1.84. The molecule has 1 nitrogen and oxygen atoms in total. The Labute approximate surface area is 106 Å². The average molecular weight is 234 g/mol. The first-order chi connectivity index (χ1) is 8.74. The summed E-state index contributed by atoms with van der Waals surface area (Å²) in [6, 6.07) is 20.1. The second-order valence-corrected chi connectivity index (χ2v) is 4.58. The molecule has 88 valence electrons. The summed E-state index contributed by atoms with van der Waals surface area (Å²) in [4.78, 5) is 0. The van der Waals surface area contributed by atoms with Crippen LogP contribution in [0.15, 0.2) is 60.7 Å². The summed E-state index contributed by atoms with van der Waals surface area (Å²) in [5.74, 6) is 0.323. The van der Waals surface area contributed by atoms with Crippen LogP contribution in [0.1, 0.15) is 5.56 Å². The van der Waals surface area contributed by atoms with Gasteiger partial charge in [-0.05, 0) is 35.4 Å². The van der Waals surface area contributed by atoms with Crippen LogP contribution in [-0.4, -0.2) is 5.11 Å². The van der Waals surface area contributed by atoms with Gasteiger partial charge < -0.3 is 5.11 Å². The number of phenolic OH excluding ortho intramolecular Hbond substituents is 1. The van der Waals surface area contributed by atoms with Gasteiger partial charge in [-0.25, -0.2) is 0 Å². The molecule has 0 atom stereocenters. The fraction of sp³-hybridized carbons (Fsp3) is 0.0588. The van der Waals surface area contributed by atoms with Crippen molar-refractivity contribution >= 4 is 10.8 Å². The van der Waals surface area contributed by atoms with Crippen molar-refractivity contribution in [1.29, 1.82) is 0 Å². The summed E-state index contributed by atoms with van der Waals surface area (Å²) >= 11 is 0. The van der Waals surface area contributed by atoms with Gasteiger partial charge in [0, 0.05) is 5.56 Å². The van der Waals surface area contributed by atoms with Crippen LogP contribution >= 0.6 is 0 Å². The van der Waals surface area contributed by atoms with Crippen molar-refractivity contribution in [2.45, 2.75) is 6.92 Å². The van der Waals surface area contributed by atoms with E-state index in [0.717, 1.165) is 11.1 Å². The Hall–Kier alpha value is -2.28. The van der Waals surface area contributed by atoms with E-state index in [2.05, 4.69) is 43.3 Å². The Kier molecular flexibility index (Phi) is 2.52. The number of hydrogen-bond donors (Lipinski definition) is 1. The van der Waals surface area contributed by atoms with Crippen molar-refractivity contribution in [3.05, 3.63) is 66.2 Å². The lowest BCUT2D eigenvalue weighted by atomic mass is 10.00. The predicted octanol–water partition coefficient (Wildman–Crippen LogP) is 4.52. The Balaban J connectivity index is 2.20. The minimum Gasteiger partial charge on any atom is -0.507 e. The maximum absolute atomic E-state index is 9.88. The summed E-state index contributed by atoms with van der Waals surface area (Å²) in [5, 5.41) is 12.3. The van der Waals surface area contributed by atoms with Crippen LogP contribution in [0.25, 0.3) is 21.9 Å². The molecule has 0 heterocycles. The highest BCUT2D eigenvalue weighted by Gasteiger charge is 2.04. The summed E-state index contributed by atoms with van der Waals surface area (Å²) < 4.78 is 0. The third-order valence-corrected chi connectivity index (χ3v) is 3.21. The molecule has 0 aliphatic carbocycles. The quantitative estimate of drug-likeness (QED) is 0.656. The average Bonchev–Trinajstić information content (AvgIpc) is 2.39. The van der Waals surface area contributed by atoms with Gasteiger partial charge in [-0.3, -0.25) is 0 Å². The topological polar surface area (TPSA) is 20.2 Å². The maximum Gasteiger partial charge on any atom is 0.123 e. The van der Waals surface area contributed by atoms with Crippen molar-refractivity contribution in [3.8, 4) is 16.9 Å². The molecular weight excluding hydrogens is 220 g/mol. The molecule has 1 N–H and O–H groups in total. The molecule has 0 fully saturated rings. The zero-order chi connectivity index (χ0) is 12.5. The van der Waals surface area contributed by atoms with Crippen molar-refractivity contribution < 1.29 is 5.11 Å². The maximum atomic E-state index is 9.88. The minimum absolute atomic E-state index is 0.323. The fourth-order valence-corrected chi connectivity index (χ4v) is 2.25. The number of fused-ring (bicyclic) bond motifs is 1. The van der Waals surface area contributed by atoms with Gasteiger partial charge in [-0.15, -0.1) is 0 Å². The van der Waals surface area contributed by atoms with Gasteiger partial charge in [0.05, 0.1) is 0 Å². The minimum atomic E-state index is 0.323. The molecule has 0 bridgehead atoms. The fourth-order valence-electron chi connectivity index (χ4n) is 2.25. The molecule has 3 aromatic carbocycles. The first-order valence-electron chi connectivity index (χ1n) is 6.03. The number of benzene rings is 3. The van der Waals surface area contributed by atoms with E-state index >= 15 is 0 Å². The number of hydrogen-bond acceptors (Lipinski definition) is 1. The SMILES string of the molecule is Cc1ccc2cc(-c3ccccc3O)ccc2c1. The van der Waals surface area contributed by atoms with Crippen LogP contribution in [0.4, 0.5) is 0 Å². The molecular formula is C17H14O. The van der Waals surface area contributed by atoms with Gasteiger partial charge in [-0.2, -0.15) is 0 Å². The number of aromatic hydroxyl groups is 1. The van der Waals surface area contributed by atoms with Crippen LogP contribution in [0.2, 0.25) is 0 Å². The second-order valence-electron chi connectivity index (χ2n) is 4.58. The molecule has 0 saturated carbocycles. The second kappa shape index (κ2) is 4.19. The monoisotopic (exact) mass is 234 g/mol. The van der Waals surface area contributed by atoms with Crippen LogP contribution in [0.3, 0.4) is 0 Å². The molecule has 3 aromatic rings. The lowest BCUT2D eigenvalue weighted by Gasteiger charge is -2.06. The molecule has 0 saturated heterocycles. The van der Waals surface area contributed by atoms with Gasteiger partial charge in [0.1, 0.15) is 5.75 Å². The highest BCUT2D eigenvalue weighted by Crippen LogP contribution is 2.31. The molecule has 0 unspecified atom stereocenters. The van der Waals surface area contributed by atoms with E-state index in [1.807, 2.05) is 18.2 Å². The molecule has 0 aromatic heterocycles. The number of phenols is 1. The normalized spacial score (nSPS) is 10.7. The van der Waals surface area contributed by atoms with E-state index in [1.54, 1.807) is 6.07 Å². The van der Waals surface area contributed by atoms with E-state index in [9.17, 15) is 5.11 Å². The van der Waals surface area contributed by atoms with Crippen molar-refractivity contribution in [2.24, 2.45) is 0 Å². The molecule has 0 spiro atoms. The number of rotatable bonds is 1. The van der Waals surface area contributed by atoms with Crippen molar-refractivity contribution in [1.82, 2.24) is 0 Å². The molecule has 0 aliphatic rings. The van der Waals surface area contributed by atoms with Crippen LogP contribution in [0, 0.1) is 6.92 Å². The van der Waals surface area contributed by atoms with Crippen molar-refractivity contribution in [3.63, 3.8) is 0 Å². The lowest BCUT2D eigenvalue weighted by Crippen LogP contribution is -1.81. The Morgan fingerprint density at radius 1 is 0.778 bits per heavy atom. The number of para-hydroxylation sites is 1. The number of aryl methyl sites for hydroxylation is 1. The summed E-state index contributed by atoms with van der Waals surface area (Å²) in [7, 11) is 0. The Morgan fingerprint density at radius 2 is 1.50 bits per heavy atom. The van der Waals surface area contributed by atoms with E-state index in [4.69, 9.17) is 0 Å². The zero-order valence-electron chi connectivity index (χ0n) is 10.2. The van der Waals surface area contributed by atoms with Crippen LogP contribution in [-0.2, 0) is 0 Å². The van der Waals surface area contributed by atoms with Crippen LogP contribution < -0.4 is 0 Å². The van der Waals surface area contributed by atoms with Gasteiger partial charge in [-0.1, -0.05) is 54.1 Å². The summed E-state index contributed by atoms with van der Waals surface area (Å²) in [5.41, 5.74) is 3.18. The lowest BCUT2D eigenvalue weighted by molar-refractivity contribution is 0.477. The third-order valence-electron chi connectivity index (χ3n) is 3.21. The standard InChI is InChI=1S/C17H14O/c1-12-6-7-14-11-15(9-8-13(14)10-12)16-4-2-3-5-17(16)18/h2-11,18H,1H3. The molecule has 0 amide bonds.